The van der Waals surface area contributed by atoms with Gasteiger partial charge in [-0.3, -0.25) is 0 Å². The zero-order valence-corrected chi connectivity index (χ0v) is 12.9. The van der Waals surface area contributed by atoms with E-state index in [0.29, 0.717) is 19.1 Å². The smallest absolute Gasteiger partial charge is 0.123 e. The minimum absolute atomic E-state index is 0.219. The maximum atomic E-state index is 13.4. The highest BCUT2D eigenvalue weighted by Crippen LogP contribution is 2.26. The molecule has 1 aromatic carbocycles. The fourth-order valence-corrected chi connectivity index (χ4v) is 2.79. The normalized spacial score (nSPS) is 16.1. The average Bonchev–Trinajstić information content (AvgIpc) is 2.52. The zero-order valence-electron chi connectivity index (χ0n) is 12.9. The summed E-state index contributed by atoms with van der Waals surface area (Å²) < 4.78 is 24.4. The lowest BCUT2D eigenvalue weighted by atomic mass is 9.90. The van der Waals surface area contributed by atoms with E-state index in [1.807, 2.05) is 0 Å². The summed E-state index contributed by atoms with van der Waals surface area (Å²) in [4.78, 5) is 0. The molecule has 3 nitrogen and oxygen atoms in total. The second-order valence-electron chi connectivity index (χ2n) is 5.74. The van der Waals surface area contributed by atoms with Crippen molar-refractivity contribution in [3.05, 3.63) is 29.6 Å². The van der Waals surface area contributed by atoms with Crippen molar-refractivity contribution in [2.45, 2.75) is 38.6 Å². The Morgan fingerprint density at radius 2 is 2.05 bits per heavy atom. The van der Waals surface area contributed by atoms with Crippen LogP contribution in [-0.2, 0) is 11.3 Å². The molecule has 0 aliphatic heterocycles. The molecule has 1 aliphatic rings. The van der Waals surface area contributed by atoms with E-state index in [0.717, 1.165) is 24.5 Å². The molecule has 4 heteroatoms. The first-order chi connectivity index (χ1) is 10.3. The van der Waals surface area contributed by atoms with Gasteiger partial charge < -0.3 is 14.8 Å². The van der Waals surface area contributed by atoms with Crippen LogP contribution in [0, 0.1) is 11.7 Å². The van der Waals surface area contributed by atoms with Crippen molar-refractivity contribution in [1.29, 1.82) is 0 Å². The zero-order chi connectivity index (χ0) is 14.9. The number of hydrogen-bond donors (Lipinski definition) is 1. The molecule has 1 N–H and O–H groups in total. The van der Waals surface area contributed by atoms with Crippen LogP contribution in [0.1, 0.15) is 37.7 Å². The lowest BCUT2D eigenvalue weighted by molar-refractivity contribution is 0.197. The standard InChI is InChI=1S/C17H26FNO2/c1-20-10-9-19-12-15-11-16(18)7-8-17(15)21-13-14-5-3-2-4-6-14/h7-8,11,14,19H,2-6,9-10,12-13H2,1H3. The minimum Gasteiger partial charge on any atom is -0.493 e. The van der Waals surface area contributed by atoms with Gasteiger partial charge in [0.2, 0.25) is 0 Å². The molecule has 21 heavy (non-hydrogen) atoms. The molecule has 118 valence electrons. The van der Waals surface area contributed by atoms with Crippen LogP contribution in [0.2, 0.25) is 0 Å². The van der Waals surface area contributed by atoms with Gasteiger partial charge in [-0.25, -0.2) is 4.39 Å². The summed E-state index contributed by atoms with van der Waals surface area (Å²) in [6.45, 7) is 2.74. The maximum Gasteiger partial charge on any atom is 0.123 e. The van der Waals surface area contributed by atoms with Gasteiger partial charge in [0.15, 0.2) is 0 Å². The van der Waals surface area contributed by atoms with Crippen LogP contribution in [0.25, 0.3) is 0 Å². The topological polar surface area (TPSA) is 30.5 Å². The summed E-state index contributed by atoms with van der Waals surface area (Å²) in [6.07, 6.45) is 6.47. The predicted octanol–water partition coefficient (Wildman–Crippen LogP) is 3.52. The van der Waals surface area contributed by atoms with Crippen molar-refractivity contribution in [1.82, 2.24) is 5.32 Å². The summed E-state index contributed by atoms with van der Waals surface area (Å²) in [6, 6.07) is 4.76. The number of hydrogen-bond acceptors (Lipinski definition) is 3. The second-order valence-corrected chi connectivity index (χ2v) is 5.74. The number of rotatable bonds is 8. The molecule has 1 aromatic rings. The Kier molecular flexibility index (Phi) is 6.96. The van der Waals surface area contributed by atoms with Crippen molar-refractivity contribution >= 4 is 0 Å². The van der Waals surface area contributed by atoms with Gasteiger partial charge in [0.25, 0.3) is 0 Å². The van der Waals surface area contributed by atoms with Gasteiger partial charge in [0.1, 0.15) is 11.6 Å². The summed E-state index contributed by atoms with van der Waals surface area (Å²) in [5.74, 6) is 1.23. The first kappa shape index (κ1) is 16.2. The van der Waals surface area contributed by atoms with E-state index in [4.69, 9.17) is 9.47 Å². The first-order valence-corrected chi connectivity index (χ1v) is 7.90. The molecule has 0 saturated heterocycles. The highest BCUT2D eigenvalue weighted by molar-refractivity contribution is 5.34. The van der Waals surface area contributed by atoms with E-state index >= 15 is 0 Å². The monoisotopic (exact) mass is 295 g/mol. The van der Waals surface area contributed by atoms with E-state index in [-0.39, 0.29) is 5.82 Å². The number of benzene rings is 1. The SMILES string of the molecule is COCCNCc1cc(F)ccc1OCC1CCCCC1. The Balaban J connectivity index is 1.87. The Morgan fingerprint density at radius 1 is 1.24 bits per heavy atom. The molecule has 1 saturated carbocycles. The summed E-state index contributed by atoms with van der Waals surface area (Å²) in [5.41, 5.74) is 0.877. The third-order valence-corrected chi connectivity index (χ3v) is 4.02. The van der Waals surface area contributed by atoms with Crippen LogP contribution in [0.15, 0.2) is 18.2 Å². The molecule has 1 fully saturated rings. The molecule has 0 bridgehead atoms. The van der Waals surface area contributed by atoms with Gasteiger partial charge in [-0.2, -0.15) is 0 Å². The van der Waals surface area contributed by atoms with Gasteiger partial charge in [-0.15, -0.1) is 0 Å². The van der Waals surface area contributed by atoms with E-state index in [2.05, 4.69) is 5.32 Å². The van der Waals surface area contributed by atoms with Gasteiger partial charge in [-0.1, -0.05) is 19.3 Å². The highest BCUT2D eigenvalue weighted by atomic mass is 19.1. The van der Waals surface area contributed by atoms with Crippen molar-refractivity contribution in [2.75, 3.05) is 26.9 Å². The van der Waals surface area contributed by atoms with E-state index in [1.165, 1.54) is 38.2 Å². The van der Waals surface area contributed by atoms with Crippen molar-refractivity contribution < 1.29 is 13.9 Å². The fraction of sp³-hybridized carbons (Fsp3) is 0.647. The van der Waals surface area contributed by atoms with Crippen LogP contribution >= 0.6 is 0 Å². The first-order valence-electron chi connectivity index (χ1n) is 7.90. The Bertz CT molecular complexity index is 419. The molecule has 0 aromatic heterocycles. The molecule has 0 atom stereocenters. The molecule has 0 amide bonds. The van der Waals surface area contributed by atoms with Crippen LogP contribution in [0.5, 0.6) is 5.75 Å². The predicted molar refractivity (Wildman–Crippen MR) is 82.1 cm³/mol. The number of ether oxygens (including phenoxy) is 2. The summed E-state index contributed by atoms with van der Waals surface area (Å²) in [7, 11) is 1.67. The van der Waals surface area contributed by atoms with E-state index in [9.17, 15) is 4.39 Å². The number of nitrogens with one attached hydrogen (secondary N) is 1. The molecule has 0 heterocycles. The minimum atomic E-state index is -0.219. The van der Waals surface area contributed by atoms with Crippen LogP contribution < -0.4 is 10.1 Å². The van der Waals surface area contributed by atoms with Crippen molar-refractivity contribution in [3.63, 3.8) is 0 Å². The van der Waals surface area contributed by atoms with E-state index in [1.54, 1.807) is 19.2 Å². The number of halogens is 1. The van der Waals surface area contributed by atoms with E-state index < -0.39 is 0 Å². The fourth-order valence-electron chi connectivity index (χ4n) is 2.79. The molecular weight excluding hydrogens is 269 g/mol. The highest BCUT2D eigenvalue weighted by Gasteiger charge is 2.15. The van der Waals surface area contributed by atoms with Crippen LogP contribution in [-0.4, -0.2) is 26.9 Å². The Morgan fingerprint density at radius 3 is 2.81 bits per heavy atom. The molecule has 2 rings (SSSR count). The Hall–Kier alpha value is -1.13. The van der Waals surface area contributed by atoms with Crippen molar-refractivity contribution in [2.24, 2.45) is 5.92 Å². The van der Waals surface area contributed by atoms with Gasteiger partial charge in [-0.05, 0) is 37.0 Å². The quantitative estimate of drug-likeness (QED) is 0.744. The van der Waals surface area contributed by atoms with Crippen molar-refractivity contribution in [3.8, 4) is 5.75 Å². The molecule has 1 aliphatic carbocycles. The third kappa shape index (κ3) is 5.64. The molecule has 0 unspecified atom stereocenters. The van der Waals surface area contributed by atoms with Crippen LogP contribution in [0.4, 0.5) is 4.39 Å². The van der Waals surface area contributed by atoms with Gasteiger partial charge >= 0.3 is 0 Å². The number of methoxy groups -OCH3 is 1. The molecular formula is C17H26FNO2. The summed E-state index contributed by atoms with van der Waals surface area (Å²) in [5, 5.41) is 3.24. The third-order valence-electron chi connectivity index (χ3n) is 4.02. The average molecular weight is 295 g/mol. The maximum absolute atomic E-state index is 13.4. The van der Waals surface area contributed by atoms with Crippen LogP contribution in [0.3, 0.4) is 0 Å². The van der Waals surface area contributed by atoms with Gasteiger partial charge in [0.05, 0.1) is 13.2 Å². The lowest BCUT2D eigenvalue weighted by Gasteiger charge is -2.22. The molecule has 0 radical (unpaired) electrons. The second kappa shape index (κ2) is 9.00. The molecule has 0 spiro atoms. The largest absolute Gasteiger partial charge is 0.493 e. The lowest BCUT2D eigenvalue weighted by Crippen LogP contribution is -2.20. The van der Waals surface area contributed by atoms with Gasteiger partial charge in [0, 0.05) is 25.8 Å². The summed E-state index contributed by atoms with van der Waals surface area (Å²) >= 11 is 0. The Labute approximate surface area is 126 Å².